The fourth-order valence-electron chi connectivity index (χ4n) is 3.97. The number of nitrogens with zero attached hydrogens (tertiary/aromatic N) is 1. The fourth-order valence-corrected chi connectivity index (χ4v) is 3.97. The van der Waals surface area contributed by atoms with Gasteiger partial charge in [0.1, 0.15) is 18.1 Å². The lowest BCUT2D eigenvalue weighted by Crippen LogP contribution is -2.47. The fraction of sp³-hybridized carbons (Fsp3) is 0.609. The van der Waals surface area contributed by atoms with Crippen LogP contribution < -0.4 is 16.0 Å². The number of benzene rings is 1. The van der Waals surface area contributed by atoms with Gasteiger partial charge in [0, 0.05) is 35.7 Å². The zero-order chi connectivity index (χ0) is 23.3. The first-order valence-corrected chi connectivity index (χ1v) is 11.3. The molecule has 1 aromatic carbocycles. The van der Waals surface area contributed by atoms with Crippen molar-refractivity contribution in [3.05, 3.63) is 24.4 Å². The highest BCUT2D eigenvalue weighted by atomic mass is 16.6. The van der Waals surface area contributed by atoms with Crippen molar-refractivity contribution >= 4 is 22.6 Å². The quantitative estimate of drug-likeness (QED) is 0.343. The van der Waals surface area contributed by atoms with E-state index in [1.807, 2.05) is 45.2 Å². The van der Waals surface area contributed by atoms with E-state index in [9.17, 15) is 20.1 Å². The monoisotopic (exact) mass is 448 g/mol. The number of aromatic nitrogens is 1. The Balaban J connectivity index is 1.50. The van der Waals surface area contributed by atoms with Crippen LogP contribution in [0.4, 0.5) is 10.5 Å². The smallest absolute Gasteiger partial charge is 0.407 e. The number of aromatic hydroxyl groups is 1. The second-order valence-electron chi connectivity index (χ2n) is 9.31. The third-order valence-corrected chi connectivity index (χ3v) is 5.52. The van der Waals surface area contributed by atoms with Gasteiger partial charge in [-0.15, -0.1) is 0 Å². The lowest BCUT2D eigenvalue weighted by Gasteiger charge is -2.33. The lowest BCUT2D eigenvalue weighted by molar-refractivity contribution is -0.0290. The summed E-state index contributed by atoms with van der Waals surface area (Å²) in [6.45, 7) is 6.85. The van der Waals surface area contributed by atoms with E-state index in [2.05, 4.69) is 16.0 Å². The van der Waals surface area contributed by atoms with E-state index in [0.29, 0.717) is 19.4 Å². The average Bonchev–Trinajstić information content (AvgIpc) is 3.03. The number of unbranched alkanes of at least 4 members (excludes halogenated alkanes) is 2. The number of hydrogen-bond acceptors (Lipinski definition) is 7. The summed E-state index contributed by atoms with van der Waals surface area (Å²) in [4.78, 5) is 11.6. The summed E-state index contributed by atoms with van der Waals surface area (Å²) in [6.07, 6.45) is 3.61. The first-order chi connectivity index (χ1) is 15.2. The maximum atomic E-state index is 11.6. The number of piperidine rings is 1. The summed E-state index contributed by atoms with van der Waals surface area (Å²) < 4.78 is 6.90. The first-order valence-electron chi connectivity index (χ1n) is 11.3. The molecule has 3 atom stereocenters. The Hall–Kier alpha value is -2.49. The van der Waals surface area contributed by atoms with Gasteiger partial charge >= 0.3 is 6.09 Å². The van der Waals surface area contributed by atoms with Crippen LogP contribution in [0, 0.1) is 0 Å². The number of aliphatic hydroxyl groups excluding tert-OH is 2. The molecule has 32 heavy (non-hydrogen) atoms. The molecule has 3 unspecified atom stereocenters. The van der Waals surface area contributed by atoms with Gasteiger partial charge in [0.25, 0.3) is 0 Å². The number of alkyl carbamates (subject to hydrolysis) is 1. The van der Waals surface area contributed by atoms with Crippen LogP contribution in [-0.2, 0) is 4.74 Å². The number of carbonyl (C=O) groups is 1. The number of anilines is 1. The molecule has 178 valence electrons. The van der Waals surface area contributed by atoms with Gasteiger partial charge in [-0.05, 0) is 65.0 Å². The van der Waals surface area contributed by atoms with Crippen LogP contribution in [0.15, 0.2) is 24.4 Å². The van der Waals surface area contributed by atoms with Gasteiger partial charge in [0.05, 0.1) is 6.04 Å². The first kappa shape index (κ1) is 24.2. The second kappa shape index (κ2) is 10.4. The summed E-state index contributed by atoms with van der Waals surface area (Å²) in [6, 6.07) is 5.36. The highest BCUT2D eigenvalue weighted by Gasteiger charge is 2.30. The summed E-state index contributed by atoms with van der Waals surface area (Å²) in [7, 11) is 0. The molecule has 6 N–H and O–H groups in total. The molecule has 1 aliphatic heterocycles. The minimum atomic E-state index is -0.933. The molecule has 2 heterocycles. The van der Waals surface area contributed by atoms with Gasteiger partial charge in [-0.2, -0.15) is 0 Å². The van der Waals surface area contributed by atoms with Gasteiger partial charge < -0.3 is 35.3 Å². The van der Waals surface area contributed by atoms with Crippen molar-refractivity contribution in [2.75, 3.05) is 18.4 Å². The molecule has 1 aliphatic rings. The van der Waals surface area contributed by atoms with Crippen LogP contribution in [0.25, 0.3) is 10.8 Å². The van der Waals surface area contributed by atoms with Gasteiger partial charge in [-0.1, -0.05) is 6.07 Å². The SMILES string of the molecule is CC(C)(C)OC(=O)NCCCCCNc1cccc2c(O)n(C3CCC(O)NC3O)cc12. The molecular weight excluding hydrogens is 412 g/mol. The molecule has 2 aromatic rings. The Morgan fingerprint density at radius 2 is 1.91 bits per heavy atom. The Bertz CT molecular complexity index is 908. The second-order valence-corrected chi connectivity index (χ2v) is 9.31. The minimum absolute atomic E-state index is 0.110. The summed E-state index contributed by atoms with van der Waals surface area (Å²) in [5.41, 5.74) is 0.427. The number of aliphatic hydroxyl groups is 2. The molecule has 0 radical (unpaired) electrons. The van der Waals surface area contributed by atoms with E-state index in [-0.39, 0.29) is 18.0 Å². The molecule has 0 saturated carbocycles. The summed E-state index contributed by atoms with van der Waals surface area (Å²) in [5, 5.41) is 41.2. The third-order valence-electron chi connectivity index (χ3n) is 5.52. The predicted octanol–water partition coefficient (Wildman–Crippen LogP) is 3.02. The van der Waals surface area contributed by atoms with Crippen LogP contribution in [-0.4, -0.2) is 57.1 Å². The van der Waals surface area contributed by atoms with Crippen LogP contribution in [0.2, 0.25) is 0 Å². The zero-order valence-electron chi connectivity index (χ0n) is 19.1. The molecular formula is C23H36N4O5. The molecule has 9 heteroatoms. The van der Waals surface area contributed by atoms with Crippen molar-refractivity contribution in [2.24, 2.45) is 0 Å². The highest BCUT2D eigenvalue weighted by molar-refractivity contribution is 5.97. The lowest BCUT2D eigenvalue weighted by atomic mass is 10.0. The van der Waals surface area contributed by atoms with Gasteiger partial charge in [-0.25, -0.2) is 4.79 Å². The number of carbonyl (C=O) groups excluding carboxylic acids is 1. The molecule has 0 spiro atoms. The maximum absolute atomic E-state index is 11.6. The molecule has 1 aromatic heterocycles. The number of rotatable bonds is 8. The van der Waals surface area contributed by atoms with Gasteiger partial charge in [0.15, 0.2) is 5.88 Å². The van der Waals surface area contributed by atoms with E-state index >= 15 is 0 Å². The Morgan fingerprint density at radius 3 is 2.62 bits per heavy atom. The number of amides is 1. The number of nitrogens with one attached hydrogen (secondary N) is 3. The summed E-state index contributed by atoms with van der Waals surface area (Å²) in [5.74, 6) is 0.110. The molecule has 1 saturated heterocycles. The molecule has 9 nitrogen and oxygen atoms in total. The van der Waals surface area contributed by atoms with Crippen molar-refractivity contribution in [1.82, 2.24) is 15.2 Å². The maximum Gasteiger partial charge on any atom is 0.407 e. The molecule has 1 fully saturated rings. The average molecular weight is 449 g/mol. The number of hydrogen-bond donors (Lipinski definition) is 6. The van der Waals surface area contributed by atoms with Crippen LogP contribution in [0.3, 0.4) is 0 Å². The highest BCUT2D eigenvalue weighted by Crippen LogP contribution is 2.37. The van der Waals surface area contributed by atoms with Crippen molar-refractivity contribution in [2.45, 2.75) is 77.0 Å². The normalized spacial score (nSPS) is 21.5. The Labute approximate surface area is 188 Å². The zero-order valence-corrected chi connectivity index (χ0v) is 19.1. The van der Waals surface area contributed by atoms with Gasteiger partial charge in [0.2, 0.25) is 0 Å². The van der Waals surface area contributed by atoms with Crippen molar-refractivity contribution in [3.63, 3.8) is 0 Å². The molecule has 0 aliphatic carbocycles. The van der Waals surface area contributed by atoms with Crippen LogP contribution >= 0.6 is 0 Å². The van der Waals surface area contributed by atoms with E-state index in [1.54, 1.807) is 4.57 Å². The standard InChI is InChI=1S/C23H36N4O5/c1-23(2,3)32-22(31)25-13-6-4-5-12-24-17-9-7-8-15-16(17)14-27(21(15)30)18-10-11-19(28)26-20(18)29/h7-9,14,18-20,24,26,28-30H,4-6,10-13H2,1-3H3,(H,25,31). The van der Waals surface area contributed by atoms with Crippen LogP contribution in [0.1, 0.15) is 58.9 Å². The third kappa shape index (κ3) is 6.27. The van der Waals surface area contributed by atoms with Gasteiger partial charge in [-0.3, -0.25) is 5.32 Å². The largest absolute Gasteiger partial charge is 0.494 e. The van der Waals surface area contributed by atoms with E-state index in [1.165, 1.54) is 0 Å². The minimum Gasteiger partial charge on any atom is -0.494 e. The van der Waals surface area contributed by atoms with Crippen molar-refractivity contribution in [1.29, 1.82) is 0 Å². The Kier molecular flexibility index (Phi) is 7.86. The van der Waals surface area contributed by atoms with E-state index < -0.39 is 18.1 Å². The summed E-state index contributed by atoms with van der Waals surface area (Å²) >= 11 is 0. The van der Waals surface area contributed by atoms with Crippen LogP contribution in [0.5, 0.6) is 5.88 Å². The number of ether oxygens (including phenoxy) is 1. The molecule has 3 rings (SSSR count). The van der Waals surface area contributed by atoms with E-state index in [0.717, 1.165) is 42.3 Å². The predicted molar refractivity (Wildman–Crippen MR) is 124 cm³/mol. The topological polar surface area (TPSA) is 128 Å². The Morgan fingerprint density at radius 1 is 1.16 bits per heavy atom. The van der Waals surface area contributed by atoms with Crippen molar-refractivity contribution in [3.8, 4) is 5.88 Å². The molecule has 0 bridgehead atoms. The molecule has 1 amide bonds. The van der Waals surface area contributed by atoms with Crippen molar-refractivity contribution < 1.29 is 24.9 Å². The number of fused-ring (bicyclic) bond motifs is 1. The van der Waals surface area contributed by atoms with E-state index in [4.69, 9.17) is 4.74 Å².